The molecule has 0 unspecified atom stereocenters. The molecule has 174 valence electrons. The molecule has 0 atom stereocenters. The van der Waals surface area contributed by atoms with Crippen LogP contribution in [-0.2, 0) is 4.79 Å². The summed E-state index contributed by atoms with van der Waals surface area (Å²) in [6.45, 7) is 5.65. The van der Waals surface area contributed by atoms with Crippen molar-refractivity contribution in [3.8, 4) is 0 Å². The quantitative estimate of drug-likeness (QED) is 0.602. The molecule has 2 aliphatic heterocycles. The number of carbonyl (C=O) groups excluding carboxylic acids is 2. The van der Waals surface area contributed by atoms with Gasteiger partial charge in [-0.1, -0.05) is 24.4 Å². The topological polar surface area (TPSA) is 68.4 Å². The van der Waals surface area contributed by atoms with Crippen molar-refractivity contribution < 1.29 is 9.59 Å². The Hall–Kier alpha value is -2.05. The van der Waals surface area contributed by atoms with Gasteiger partial charge in [0, 0.05) is 42.0 Å². The fourth-order valence-corrected chi connectivity index (χ4v) is 5.13. The Morgan fingerprint density at radius 1 is 1.03 bits per heavy atom. The summed E-state index contributed by atoms with van der Waals surface area (Å²) in [5.74, 6) is 0.526. The van der Waals surface area contributed by atoms with Gasteiger partial charge in [0.05, 0.1) is 0 Å². The van der Waals surface area contributed by atoms with Crippen LogP contribution in [0.15, 0.2) is 24.3 Å². The third kappa shape index (κ3) is 6.26. The monoisotopic (exact) mass is 458 g/mol. The van der Waals surface area contributed by atoms with E-state index in [9.17, 15) is 9.59 Å². The summed E-state index contributed by atoms with van der Waals surface area (Å²) in [5, 5.41) is 4.71. The number of rotatable bonds is 7. The van der Waals surface area contributed by atoms with Crippen molar-refractivity contribution in [3.05, 3.63) is 35.0 Å². The average molecular weight is 459 g/mol. The van der Waals surface area contributed by atoms with Gasteiger partial charge in [-0.25, -0.2) is 0 Å². The van der Waals surface area contributed by atoms with Gasteiger partial charge in [-0.2, -0.15) is 0 Å². The third-order valence-corrected chi connectivity index (χ3v) is 7.10. The minimum Gasteiger partial charge on any atom is -0.356 e. The third-order valence-electron chi connectivity index (χ3n) is 6.86. The zero-order valence-corrected chi connectivity index (χ0v) is 19.6. The predicted molar refractivity (Wildman–Crippen MR) is 129 cm³/mol. The maximum Gasteiger partial charge on any atom is 0.270 e. The Bertz CT molecular complexity index is 912. The fourth-order valence-electron chi connectivity index (χ4n) is 4.95. The number of benzene rings is 1. The Morgan fingerprint density at radius 3 is 2.53 bits per heavy atom. The smallest absolute Gasteiger partial charge is 0.270 e. The Balaban J connectivity index is 1.15. The first-order valence-electron chi connectivity index (χ1n) is 12.1. The van der Waals surface area contributed by atoms with Crippen LogP contribution in [0.2, 0.25) is 5.02 Å². The predicted octanol–water partition coefficient (Wildman–Crippen LogP) is 4.45. The number of likely N-dealkylation sites (tertiary alicyclic amines) is 2. The number of halogens is 1. The molecule has 1 aromatic carbocycles. The second kappa shape index (κ2) is 11.2. The van der Waals surface area contributed by atoms with Crippen LogP contribution < -0.4 is 5.32 Å². The molecule has 1 aromatic heterocycles. The molecular formula is C25H35ClN4O2. The van der Waals surface area contributed by atoms with Crippen LogP contribution >= 0.6 is 11.6 Å². The maximum absolute atomic E-state index is 12.9. The molecule has 3 heterocycles. The molecule has 0 saturated carbocycles. The largest absolute Gasteiger partial charge is 0.356 e. The van der Waals surface area contributed by atoms with E-state index >= 15 is 0 Å². The van der Waals surface area contributed by atoms with E-state index in [0.29, 0.717) is 36.1 Å². The van der Waals surface area contributed by atoms with Gasteiger partial charge in [0.2, 0.25) is 5.91 Å². The lowest BCUT2D eigenvalue weighted by Gasteiger charge is -2.31. The van der Waals surface area contributed by atoms with Gasteiger partial charge < -0.3 is 20.1 Å². The molecule has 32 heavy (non-hydrogen) atoms. The lowest BCUT2D eigenvalue weighted by Crippen LogP contribution is -2.40. The van der Waals surface area contributed by atoms with E-state index < -0.39 is 0 Å². The van der Waals surface area contributed by atoms with Crippen molar-refractivity contribution in [2.45, 2.75) is 51.4 Å². The molecule has 2 aromatic rings. The van der Waals surface area contributed by atoms with Crippen LogP contribution in [0.5, 0.6) is 0 Å². The molecule has 2 aliphatic rings. The second-order valence-electron chi connectivity index (χ2n) is 9.31. The molecule has 2 N–H and O–H groups in total. The van der Waals surface area contributed by atoms with Crippen molar-refractivity contribution in [3.63, 3.8) is 0 Å². The number of nitrogens with zero attached hydrogens (tertiary/aromatic N) is 2. The zero-order chi connectivity index (χ0) is 22.3. The minimum atomic E-state index is 0.0220. The number of nitrogens with one attached hydrogen (secondary N) is 2. The van der Waals surface area contributed by atoms with Crippen LogP contribution in [-0.4, -0.2) is 65.9 Å². The van der Waals surface area contributed by atoms with E-state index in [-0.39, 0.29) is 11.8 Å². The molecule has 0 aliphatic carbocycles. The number of amides is 2. The lowest BCUT2D eigenvalue weighted by molar-refractivity contribution is -0.122. The first-order chi connectivity index (χ1) is 15.6. The van der Waals surface area contributed by atoms with Crippen molar-refractivity contribution in [2.75, 3.05) is 39.3 Å². The highest BCUT2D eigenvalue weighted by atomic mass is 35.5. The average Bonchev–Trinajstić information content (AvgIpc) is 3.03. The number of H-pyrrole nitrogens is 1. The van der Waals surface area contributed by atoms with Crippen molar-refractivity contribution in [1.29, 1.82) is 0 Å². The standard InChI is InChI=1S/C25H35ClN4O2/c26-21-6-7-22-20(17-21)18-23(28-22)25(32)30-14-8-19(9-15-30)16-24(31)27-10-5-13-29-11-3-1-2-4-12-29/h6-7,17-19,28H,1-5,8-16H2,(H,27,31). The molecule has 0 bridgehead atoms. The lowest BCUT2D eigenvalue weighted by atomic mass is 9.93. The van der Waals surface area contributed by atoms with Crippen LogP contribution in [0.25, 0.3) is 10.9 Å². The van der Waals surface area contributed by atoms with E-state index in [1.807, 2.05) is 29.2 Å². The summed E-state index contributed by atoms with van der Waals surface area (Å²) in [6, 6.07) is 7.45. The Labute approximate surface area is 195 Å². The molecule has 0 radical (unpaired) electrons. The van der Waals surface area contributed by atoms with Gasteiger partial charge in [0.25, 0.3) is 5.91 Å². The van der Waals surface area contributed by atoms with Gasteiger partial charge in [0.1, 0.15) is 5.69 Å². The number of hydrogen-bond donors (Lipinski definition) is 2. The van der Waals surface area contributed by atoms with E-state index in [2.05, 4.69) is 15.2 Å². The van der Waals surface area contributed by atoms with Gasteiger partial charge >= 0.3 is 0 Å². The summed E-state index contributed by atoms with van der Waals surface area (Å²) in [5.41, 5.74) is 1.52. The summed E-state index contributed by atoms with van der Waals surface area (Å²) in [6.07, 6.45) is 8.66. The summed E-state index contributed by atoms with van der Waals surface area (Å²) < 4.78 is 0. The van der Waals surface area contributed by atoms with E-state index in [4.69, 9.17) is 11.6 Å². The summed E-state index contributed by atoms with van der Waals surface area (Å²) in [4.78, 5) is 32.9. The number of piperidine rings is 1. The molecule has 2 amide bonds. The number of carbonyl (C=O) groups is 2. The first kappa shape index (κ1) is 23.1. The fraction of sp³-hybridized carbons (Fsp3) is 0.600. The van der Waals surface area contributed by atoms with Gasteiger partial charge in [-0.15, -0.1) is 0 Å². The van der Waals surface area contributed by atoms with Gasteiger partial charge in [-0.3, -0.25) is 9.59 Å². The highest BCUT2D eigenvalue weighted by molar-refractivity contribution is 6.31. The zero-order valence-electron chi connectivity index (χ0n) is 18.9. The van der Waals surface area contributed by atoms with Crippen LogP contribution in [0, 0.1) is 5.92 Å². The molecule has 2 saturated heterocycles. The maximum atomic E-state index is 12.9. The van der Waals surface area contributed by atoms with Gasteiger partial charge in [0.15, 0.2) is 0 Å². The van der Waals surface area contributed by atoms with Crippen molar-refractivity contribution in [1.82, 2.24) is 20.1 Å². The van der Waals surface area contributed by atoms with Gasteiger partial charge in [-0.05, 0) is 81.9 Å². The van der Waals surface area contributed by atoms with Crippen molar-refractivity contribution in [2.24, 2.45) is 5.92 Å². The highest BCUT2D eigenvalue weighted by Crippen LogP contribution is 2.24. The van der Waals surface area contributed by atoms with Crippen LogP contribution in [0.3, 0.4) is 0 Å². The minimum absolute atomic E-state index is 0.0220. The number of aromatic nitrogens is 1. The highest BCUT2D eigenvalue weighted by Gasteiger charge is 2.26. The van der Waals surface area contributed by atoms with Crippen LogP contribution in [0.1, 0.15) is 61.9 Å². The van der Waals surface area contributed by atoms with E-state index in [1.165, 1.54) is 38.8 Å². The summed E-state index contributed by atoms with van der Waals surface area (Å²) >= 11 is 6.05. The normalized spacial score (nSPS) is 18.6. The molecular weight excluding hydrogens is 424 g/mol. The first-order valence-corrected chi connectivity index (χ1v) is 12.5. The Morgan fingerprint density at radius 2 is 1.78 bits per heavy atom. The molecule has 0 spiro atoms. The van der Waals surface area contributed by atoms with Crippen molar-refractivity contribution >= 4 is 34.3 Å². The molecule has 7 heteroatoms. The van der Waals surface area contributed by atoms with E-state index in [1.54, 1.807) is 0 Å². The Kier molecular flexibility index (Phi) is 8.09. The molecule has 4 rings (SSSR count). The van der Waals surface area contributed by atoms with Crippen LogP contribution in [0.4, 0.5) is 0 Å². The SMILES string of the molecule is O=C(CC1CCN(C(=O)c2cc3cc(Cl)ccc3[nH]2)CC1)NCCCN1CCCCCC1. The number of aromatic amines is 1. The number of hydrogen-bond acceptors (Lipinski definition) is 3. The summed E-state index contributed by atoms with van der Waals surface area (Å²) in [7, 11) is 0. The second-order valence-corrected chi connectivity index (χ2v) is 9.75. The van der Waals surface area contributed by atoms with E-state index in [0.717, 1.165) is 43.3 Å². The number of fused-ring (bicyclic) bond motifs is 1. The molecule has 2 fully saturated rings. The molecule has 6 nitrogen and oxygen atoms in total.